The Morgan fingerprint density at radius 2 is 2.00 bits per heavy atom. The Morgan fingerprint density at radius 1 is 1.47 bits per heavy atom. The molecule has 0 bridgehead atoms. The molecule has 88 valence electrons. The number of nitrogens with zero attached hydrogens (tertiary/aromatic N) is 1. The van der Waals surface area contributed by atoms with E-state index in [2.05, 4.69) is 0 Å². The van der Waals surface area contributed by atoms with Gasteiger partial charge < -0.3 is 9.84 Å². The van der Waals surface area contributed by atoms with Gasteiger partial charge in [-0.2, -0.15) is 0 Å². The summed E-state index contributed by atoms with van der Waals surface area (Å²) >= 11 is 0. The van der Waals surface area contributed by atoms with Gasteiger partial charge in [0, 0.05) is 13.1 Å². The van der Waals surface area contributed by atoms with E-state index >= 15 is 0 Å². The first kappa shape index (κ1) is 12.5. The molecular formula is C11H21NO3. The molecule has 1 rings (SSSR count). The Kier molecular flexibility index (Phi) is 3.73. The van der Waals surface area contributed by atoms with Crippen molar-refractivity contribution in [3.05, 3.63) is 0 Å². The van der Waals surface area contributed by atoms with Gasteiger partial charge in [0.1, 0.15) is 6.04 Å². The van der Waals surface area contributed by atoms with Gasteiger partial charge in [0.2, 0.25) is 0 Å². The fourth-order valence-electron chi connectivity index (χ4n) is 1.71. The van der Waals surface area contributed by atoms with Crippen molar-refractivity contribution in [2.75, 3.05) is 19.7 Å². The van der Waals surface area contributed by atoms with Gasteiger partial charge in [-0.05, 0) is 19.8 Å². The van der Waals surface area contributed by atoms with Crippen molar-refractivity contribution in [1.29, 1.82) is 0 Å². The van der Waals surface area contributed by atoms with E-state index in [1.54, 1.807) is 6.92 Å². The Morgan fingerprint density at radius 3 is 2.40 bits per heavy atom. The topological polar surface area (TPSA) is 49.8 Å². The van der Waals surface area contributed by atoms with Gasteiger partial charge in [-0.15, -0.1) is 0 Å². The van der Waals surface area contributed by atoms with Crippen LogP contribution in [0.4, 0.5) is 0 Å². The van der Waals surface area contributed by atoms with Crippen molar-refractivity contribution < 1.29 is 14.6 Å². The number of rotatable bonds is 4. The first-order valence-electron chi connectivity index (χ1n) is 5.53. The van der Waals surface area contributed by atoms with Crippen LogP contribution in [0.5, 0.6) is 0 Å². The summed E-state index contributed by atoms with van der Waals surface area (Å²) in [6.07, 6.45) is 0. The molecule has 1 N–H and O–H groups in total. The molecule has 0 aromatic rings. The van der Waals surface area contributed by atoms with Gasteiger partial charge in [0.15, 0.2) is 0 Å². The largest absolute Gasteiger partial charge is 0.465 e. The van der Waals surface area contributed by atoms with Gasteiger partial charge in [-0.25, -0.2) is 0 Å². The van der Waals surface area contributed by atoms with Gasteiger partial charge in [-0.1, -0.05) is 13.8 Å². The number of ether oxygens (including phenoxy) is 1. The molecule has 0 aromatic heterocycles. The molecule has 1 heterocycles. The maximum atomic E-state index is 11.4. The normalized spacial score (nSPS) is 22.3. The van der Waals surface area contributed by atoms with Crippen LogP contribution < -0.4 is 0 Å². The van der Waals surface area contributed by atoms with Gasteiger partial charge in [0.25, 0.3) is 0 Å². The molecule has 15 heavy (non-hydrogen) atoms. The van der Waals surface area contributed by atoms with E-state index in [1.165, 1.54) is 0 Å². The molecule has 1 aliphatic heterocycles. The summed E-state index contributed by atoms with van der Waals surface area (Å²) in [6, 6.07) is -0.246. The highest BCUT2D eigenvalue weighted by atomic mass is 16.5. The van der Waals surface area contributed by atoms with E-state index in [0.29, 0.717) is 19.7 Å². The average Bonchev–Trinajstić information content (AvgIpc) is 2.11. The zero-order chi connectivity index (χ0) is 11.6. The first-order chi connectivity index (χ1) is 6.90. The first-order valence-corrected chi connectivity index (χ1v) is 5.53. The summed E-state index contributed by atoms with van der Waals surface area (Å²) in [7, 11) is 0. The van der Waals surface area contributed by atoms with Crippen LogP contribution in [0.25, 0.3) is 0 Å². The molecule has 0 aromatic carbocycles. The smallest absolute Gasteiger partial charge is 0.323 e. The second-order valence-corrected chi connectivity index (χ2v) is 4.59. The minimum atomic E-state index is -0.624. The highest BCUT2D eigenvalue weighted by molar-refractivity contribution is 5.75. The van der Waals surface area contributed by atoms with Crippen LogP contribution in [0.2, 0.25) is 0 Å². The Bertz CT molecular complexity index is 234. The maximum Gasteiger partial charge on any atom is 0.323 e. The standard InChI is InChI=1S/C11H21NO3/c1-5-15-10(13)9(4)12-6-11(14,7-12)8(2)3/h8-9,14H,5-7H2,1-4H3. The molecule has 1 atom stereocenters. The summed E-state index contributed by atoms with van der Waals surface area (Å²) in [5, 5.41) is 10.0. The number of carbonyl (C=O) groups excluding carboxylic acids is 1. The number of hydrogen-bond donors (Lipinski definition) is 1. The number of β-amino-alcohol motifs (C(OH)–C–C–N with tert-alkyl or cyclic N) is 1. The third kappa shape index (κ3) is 2.49. The molecule has 1 fully saturated rings. The summed E-state index contributed by atoms with van der Waals surface area (Å²) in [5.41, 5.74) is -0.624. The minimum absolute atomic E-state index is 0.205. The second-order valence-electron chi connectivity index (χ2n) is 4.59. The van der Waals surface area contributed by atoms with Crippen LogP contribution >= 0.6 is 0 Å². The van der Waals surface area contributed by atoms with Crippen molar-refractivity contribution >= 4 is 5.97 Å². The van der Waals surface area contributed by atoms with Crippen molar-refractivity contribution in [2.24, 2.45) is 5.92 Å². The van der Waals surface area contributed by atoms with E-state index in [0.717, 1.165) is 0 Å². The van der Waals surface area contributed by atoms with Crippen molar-refractivity contribution in [1.82, 2.24) is 4.90 Å². The van der Waals surface area contributed by atoms with E-state index in [9.17, 15) is 9.90 Å². The summed E-state index contributed by atoms with van der Waals surface area (Å²) in [5.74, 6) is 0.0199. The highest BCUT2D eigenvalue weighted by Gasteiger charge is 2.46. The van der Waals surface area contributed by atoms with Crippen LogP contribution in [-0.2, 0) is 9.53 Å². The molecule has 0 spiro atoms. The second kappa shape index (κ2) is 4.49. The van der Waals surface area contributed by atoms with Crippen LogP contribution in [0.15, 0.2) is 0 Å². The molecule has 0 aliphatic carbocycles. The number of carbonyl (C=O) groups is 1. The lowest BCUT2D eigenvalue weighted by atomic mass is 9.82. The SMILES string of the molecule is CCOC(=O)C(C)N1CC(O)(C(C)C)C1. The predicted octanol–water partition coefficient (Wildman–Crippen LogP) is 0.641. The minimum Gasteiger partial charge on any atom is -0.465 e. The number of hydrogen-bond acceptors (Lipinski definition) is 4. The number of likely N-dealkylation sites (tertiary alicyclic amines) is 1. The fraction of sp³-hybridized carbons (Fsp3) is 0.909. The van der Waals surface area contributed by atoms with E-state index in [1.807, 2.05) is 25.7 Å². The van der Waals surface area contributed by atoms with Crippen LogP contribution in [-0.4, -0.2) is 47.3 Å². The molecular weight excluding hydrogens is 194 g/mol. The maximum absolute atomic E-state index is 11.4. The van der Waals surface area contributed by atoms with Gasteiger partial charge in [-0.3, -0.25) is 9.69 Å². The number of aliphatic hydroxyl groups is 1. The molecule has 0 amide bonds. The third-order valence-corrected chi connectivity index (χ3v) is 3.20. The predicted molar refractivity (Wildman–Crippen MR) is 57.5 cm³/mol. The fourth-order valence-corrected chi connectivity index (χ4v) is 1.71. The van der Waals surface area contributed by atoms with Gasteiger partial charge in [0.05, 0.1) is 12.2 Å². The third-order valence-electron chi connectivity index (χ3n) is 3.20. The molecule has 1 saturated heterocycles. The molecule has 4 heteroatoms. The monoisotopic (exact) mass is 215 g/mol. The van der Waals surface area contributed by atoms with Crippen LogP contribution in [0, 0.1) is 5.92 Å². The molecule has 0 radical (unpaired) electrons. The summed E-state index contributed by atoms with van der Waals surface area (Å²) < 4.78 is 4.93. The molecule has 1 unspecified atom stereocenters. The number of esters is 1. The lowest BCUT2D eigenvalue weighted by molar-refractivity contribution is -0.169. The Labute approximate surface area is 91.2 Å². The quantitative estimate of drug-likeness (QED) is 0.699. The van der Waals surface area contributed by atoms with Crippen molar-refractivity contribution in [2.45, 2.75) is 39.3 Å². The molecule has 4 nitrogen and oxygen atoms in total. The summed E-state index contributed by atoms with van der Waals surface area (Å²) in [6.45, 7) is 9.13. The van der Waals surface area contributed by atoms with Gasteiger partial charge >= 0.3 is 5.97 Å². The lowest BCUT2D eigenvalue weighted by Crippen LogP contribution is -2.67. The Hall–Kier alpha value is -0.610. The van der Waals surface area contributed by atoms with Crippen LogP contribution in [0.3, 0.4) is 0 Å². The van der Waals surface area contributed by atoms with E-state index < -0.39 is 5.60 Å². The molecule has 1 aliphatic rings. The Balaban J connectivity index is 2.41. The molecule has 0 saturated carbocycles. The average molecular weight is 215 g/mol. The zero-order valence-electron chi connectivity index (χ0n) is 9.99. The van der Waals surface area contributed by atoms with Crippen LogP contribution in [0.1, 0.15) is 27.7 Å². The van der Waals surface area contributed by atoms with Crippen molar-refractivity contribution in [3.8, 4) is 0 Å². The van der Waals surface area contributed by atoms with Crippen molar-refractivity contribution in [3.63, 3.8) is 0 Å². The highest BCUT2D eigenvalue weighted by Crippen LogP contribution is 2.30. The van der Waals surface area contributed by atoms with E-state index in [4.69, 9.17) is 4.74 Å². The summed E-state index contributed by atoms with van der Waals surface area (Å²) in [4.78, 5) is 13.4. The zero-order valence-corrected chi connectivity index (χ0v) is 9.99. The van der Waals surface area contributed by atoms with E-state index in [-0.39, 0.29) is 17.9 Å². The lowest BCUT2D eigenvalue weighted by Gasteiger charge is -2.50.